The van der Waals surface area contributed by atoms with Gasteiger partial charge in [0, 0.05) is 44.0 Å². The Labute approximate surface area is 346 Å². The summed E-state index contributed by atoms with van der Waals surface area (Å²) in [6.45, 7) is 0. The highest BCUT2D eigenvalue weighted by molar-refractivity contribution is 6.11. The largest absolute Gasteiger partial charge is 0.309 e. The molecule has 0 aliphatic carbocycles. The summed E-state index contributed by atoms with van der Waals surface area (Å²) in [7, 11) is 0. The van der Waals surface area contributed by atoms with Crippen LogP contribution in [0.4, 0.5) is 0 Å². The second-order valence-electron chi connectivity index (χ2n) is 15.4. The summed E-state index contributed by atoms with van der Waals surface area (Å²) in [4.78, 5) is 10.5. The van der Waals surface area contributed by atoms with E-state index in [1.54, 1.807) is 0 Å². The molecule has 12 rings (SSSR count). The molecule has 0 aliphatic rings. The van der Waals surface area contributed by atoms with Crippen molar-refractivity contribution in [3.63, 3.8) is 0 Å². The fourth-order valence-corrected chi connectivity index (χ4v) is 9.06. The van der Waals surface area contributed by atoms with Crippen LogP contribution in [0, 0.1) is 0 Å². The Balaban J connectivity index is 0.913. The van der Waals surface area contributed by atoms with Gasteiger partial charge in [-0.2, -0.15) is 0 Å². The minimum atomic E-state index is 0.865. The van der Waals surface area contributed by atoms with Gasteiger partial charge in [-0.05, 0) is 95.1 Å². The van der Waals surface area contributed by atoms with Crippen molar-refractivity contribution in [3.8, 4) is 56.1 Å². The van der Waals surface area contributed by atoms with Crippen LogP contribution in [-0.2, 0) is 0 Å². The van der Waals surface area contributed by atoms with E-state index in [1.165, 1.54) is 54.7 Å². The van der Waals surface area contributed by atoms with Crippen molar-refractivity contribution in [1.82, 2.24) is 19.1 Å². The molecule has 0 radical (unpaired) electrons. The number of fused-ring (bicyclic) bond motifs is 7. The Hall–Kier alpha value is -8.08. The van der Waals surface area contributed by atoms with Gasteiger partial charge in [-0.1, -0.05) is 146 Å². The fraction of sp³-hybridized carbons (Fsp3) is 0. The predicted octanol–water partition coefficient (Wildman–Crippen LogP) is 14.5. The standard InChI is InChI=1S/C56H36N4/c1-3-13-43(14-4-1)59-51-21-11-7-17-45(51)47-35-41(31-33-53(47)59)37-23-27-39(28-24-37)55-56(58-50-20-10-9-19-49(50)57-55)40-29-25-38(26-30-40)42-32-34-54-48(36-42)46-18-8-12-22-52(46)60(54)44-15-5-2-6-16-44/h1-36H. The molecule has 0 amide bonds. The molecule has 4 nitrogen and oxygen atoms in total. The summed E-state index contributed by atoms with van der Waals surface area (Å²) in [5.41, 5.74) is 17.3. The van der Waals surface area contributed by atoms with Gasteiger partial charge in [0.1, 0.15) is 0 Å². The zero-order valence-electron chi connectivity index (χ0n) is 32.6. The molecule has 0 aliphatic heterocycles. The van der Waals surface area contributed by atoms with Gasteiger partial charge >= 0.3 is 0 Å². The molecule has 9 aromatic carbocycles. The summed E-state index contributed by atoms with van der Waals surface area (Å²) in [5, 5.41) is 4.96. The number of hydrogen-bond donors (Lipinski definition) is 0. The molecule has 280 valence electrons. The second-order valence-corrected chi connectivity index (χ2v) is 15.4. The first-order valence-electron chi connectivity index (χ1n) is 20.4. The summed E-state index contributed by atoms with van der Waals surface area (Å²) in [6, 6.07) is 77.9. The molecule has 60 heavy (non-hydrogen) atoms. The van der Waals surface area contributed by atoms with E-state index in [9.17, 15) is 0 Å². The second kappa shape index (κ2) is 13.8. The number of benzene rings is 9. The van der Waals surface area contributed by atoms with Crippen LogP contribution in [0.1, 0.15) is 0 Å². The van der Waals surface area contributed by atoms with Gasteiger partial charge in [-0.15, -0.1) is 0 Å². The van der Waals surface area contributed by atoms with E-state index in [0.29, 0.717) is 0 Å². The van der Waals surface area contributed by atoms with E-state index in [1.807, 2.05) is 24.3 Å². The van der Waals surface area contributed by atoms with Gasteiger partial charge in [0.25, 0.3) is 0 Å². The summed E-state index contributed by atoms with van der Waals surface area (Å²) < 4.78 is 4.71. The third-order valence-corrected chi connectivity index (χ3v) is 11.9. The molecule has 3 heterocycles. The number of para-hydroxylation sites is 6. The van der Waals surface area contributed by atoms with Crippen molar-refractivity contribution in [2.45, 2.75) is 0 Å². The molecule has 12 aromatic rings. The fourth-order valence-electron chi connectivity index (χ4n) is 9.06. The lowest BCUT2D eigenvalue weighted by molar-refractivity contribution is 1.18. The van der Waals surface area contributed by atoms with Crippen LogP contribution in [0.2, 0.25) is 0 Å². The Morgan fingerprint density at radius 1 is 0.250 bits per heavy atom. The van der Waals surface area contributed by atoms with Gasteiger partial charge in [-0.25, -0.2) is 9.97 Å². The zero-order chi connectivity index (χ0) is 39.6. The topological polar surface area (TPSA) is 35.6 Å². The van der Waals surface area contributed by atoms with Crippen LogP contribution < -0.4 is 0 Å². The summed E-state index contributed by atoms with van der Waals surface area (Å²) in [5.74, 6) is 0. The van der Waals surface area contributed by atoms with Crippen molar-refractivity contribution in [1.29, 1.82) is 0 Å². The quantitative estimate of drug-likeness (QED) is 0.169. The molecule has 0 spiro atoms. The van der Waals surface area contributed by atoms with Crippen LogP contribution in [-0.4, -0.2) is 19.1 Å². The van der Waals surface area contributed by atoms with Crippen LogP contribution in [0.3, 0.4) is 0 Å². The number of aromatic nitrogens is 4. The normalized spacial score (nSPS) is 11.7. The Bertz CT molecular complexity index is 3320. The highest BCUT2D eigenvalue weighted by Gasteiger charge is 2.17. The molecule has 0 fully saturated rings. The van der Waals surface area contributed by atoms with Crippen molar-refractivity contribution in [3.05, 3.63) is 218 Å². The van der Waals surface area contributed by atoms with Crippen LogP contribution in [0.15, 0.2) is 218 Å². The molecule has 0 N–H and O–H groups in total. The maximum Gasteiger partial charge on any atom is 0.0973 e. The molecule has 0 saturated carbocycles. The van der Waals surface area contributed by atoms with Crippen molar-refractivity contribution in [2.24, 2.45) is 0 Å². The lowest BCUT2D eigenvalue weighted by Crippen LogP contribution is -1.95. The van der Waals surface area contributed by atoms with Gasteiger partial charge in [0.15, 0.2) is 0 Å². The zero-order valence-corrected chi connectivity index (χ0v) is 32.6. The average Bonchev–Trinajstić information content (AvgIpc) is 3.84. The van der Waals surface area contributed by atoms with Gasteiger partial charge in [-0.3, -0.25) is 0 Å². The van der Waals surface area contributed by atoms with E-state index >= 15 is 0 Å². The maximum atomic E-state index is 5.23. The van der Waals surface area contributed by atoms with E-state index in [4.69, 9.17) is 9.97 Å². The van der Waals surface area contributed by atoms with E-state index in [2.05, 4.69) is 203 Å². The maximum absolute atomic E-state index is 5.23. The highest BCUT2D eigenvalue weighted by atomic mass is 15.0. The summed E-state index contributed by atoms with van der Waals surface area (Å²) in [6.07, 6.45) is 0. The third kappa shape index (κ3) is 5.53. The Morgan fingerprint density at radius 3 is 1.02 bits per heavy atom. The van der Waals surface area contributed by atoms with E-state index < -0.39 is 0 Å². The van der Waals surface area contributed by atoms with Crippen LogP contribution >= 0.6 is 0 Å². The molecule has 0 atom stereocenters. The van der Waals surface area contributed by atoms with Crippen LogP contribution in [0.5, 0.6) is 0 Å². The number of hydrogen-bond acceptors (Lipinski definition) is 2. The van der Waals surface area contributed by atoms with Crippen molar-refractivity contribution < 1.29 is 0 Å². The van der Waals surface area contributed by atoms with E-state index in [0.717, 1.165) is 56.0 Å². The van der Waals surface area contributed by atoms with E-state index in [-0.39, 0.29) is 0 Å². The average molecular weight is 765 g/mol. The van der Waals surface area contributed by atoms with Gasteiger partial charge in [0.05, 0.1) is 44.5 Å². The third-order valence-electron chi connectivity index (χ3n) is 11.9. The van der Waals surface area contributed by atoms with Crippen molar-refractivity contribution in [2.75, 3.05) is 0 Å². The Morgan fingerprint density at radius 2 is 0.583 bits per heavy atom. The van der Waals surface area contributed by atoms with Crippen LogP contribution in [0.25, 0.3) is 111 Å². The first-order chi connectivity index (χ1) is 29.7. The smallest absolute Gasteiger partial charge is 0.0973 e. The first kappa shape index (κ1) is 34.0. The molecule has 0 unspecified atom stereocenters. The van der Waals surface area contributed by atoms with Crippen molar-refractivity contribution >= 4 is 54.6 Å². The lowest BCUT2D eigenvalue weighted by atomic mass is 9.97. The van der Waals surface area contributed by atoms with Gasteiger partial charge in [0.2, 0.25) is 0 Å². The molecule has 0 saturated heterocycles. The lowest BCUT2D eigenvalue weighted by Gasteiger charge is -2.12. The monoisotopic (exact) mass is 764 g/mol. The minimum absolute atomic E-state index is 0.865. The molecule has 0 bridgehead atoms. The number of rotatable bonds is 6. The highest BCUT2D eigenvalue weighted by Crippen LogP contribution is 2.39. The number of nitrogens with zero attached hydrogens (tertiary/aromatic N) is 4. The minimum Gasteiger partial charge on any atom is -0.309 e. The van der Waals surface area contributed by atoms with Gasteiger partial charge < -0.3 is 9.13 Å². The molecular weight excluding hydrogens is 729 g/mol. The molecule has 4 heteroatoms. The SMILES string of the molecule is c1ccc(-n2c3ccccc3c3cc(-c4ccc(-c5nc6ccccc6nc5-c5ccc(-c6ccc7c(c6)c6ccccc6n7-c6ccccc6)cc5)cc4)ccc32)cc1. The first-order valence-corrected chi connectivity index (χ1v) is 20.4. The summed E-state index contributed by atoms with van der Waals surface area (Å²) >= 11 is 0. The predicted molar refractivity (Wildman–Crippen MR) is 250 cm³/mol. The molecular formula is C56H36N4. The molecule has 3 aromatic heterocycles. The Kier molecular flexibility index (Phi) is 7.82.